The Morgan fingerprint density at radius 3 is 1.81 bits per heavy atom. The molecule has 0 aliphatic carbocycles. The van der Waals surface area contributed by atoms with E-state index in [1.165, 1.54) is 5.56 Å². The highest BCUT2D eigenvalue weighted by Gasteiger charge is 2.28. The van der Waals surface area contributed by atoms with Crippen LogP contribution >= 0.6 is 7.82 Å². The molecule has 2 aromatic carbocycles. The van der Waals surface area contributed by atoms with Gasteiger partial charge in [0.1, 0.15) is 5.75 Å². The van der Waals surface area contributed by atoms with Crippen molar-refractivity contribution in [2.24, 2.45) is 0 Å². The summed E-state index contributed by atoms with van der Waals surface area (Å²) in [6.45, 7) is 12.7. The molecule has 0 amide bonds. The van der Waals surface area contributed by atoms with Crippen LogP contribution in [0.4, 0.5) is 0 Å². The minimum atomic E-state index is -4.67. The number of hydrogen-bond donors (Lipinski definition) is 2. The van der Waals surface area contributed by atoms with E-state index in [0.717, 1.165) is 22.3 Å². The molecule has 5 heteroatoms. The van der Waals surface area contributed by atoms with E-state index in [1.807, 2.05) is 36.4 Å². The zero-order valence-electron chi connectivity index (χ0n) is 16.4. The zero-order chi connectivity index (χ0) is 19.6. The van der Waals surface area contributed by atoms with Crippen molar-refractivity contribution >= 4 is 7.82 Å². The average molecular weight is 376 g/mol. The van der Waals surface area contributed by atoms with Crippen molar-refractivity contribution in [3.8, 4) is 16.9 Å². The van der Waals surface area contributed by atoms with Crippen LogP contribution in [0.3, 0.4) is 0 Å². The van der Waals surface area contributed by atoms with Crippen LogP contribution in [0.15, 0.2) is 36.4 Å². The Morgan fingerprint density at radius 2 is 1.38 bits per heavy atom. The molecule has 0 radical (unpaired) electrons. The van der Waals surface area contributed by atoms with Crippen LogP contribution in [-0.2, 0) is 4.57 Å². The molecule has 4 nitrogen and oxygen atoms in total. The molecule has 2 rings (SSSR count). The van der Waals surface area contributed by atoms with Gasteiger partial charge in [-0.25, -0.2) is 4.57 Å². The van der Waals surface area contributed by atoms with Gasteiger partial charge in [0.2, 0.25) is 0 Å². The minimum Gasteiger partial charge on any atom is -0.404 e. The molecule has 0 aromatic heterocycles. The van der Waals surface area contributed by atoms with Gasteiger partial charge < -0.3 is 4.52 Å². The lowest BCUT2D eigenvalue weighted by Crippen LogP contribution is -2.09. The summed E-state index contributed by atoms with van der Waals surface area (Å²) >= 11 is 0. The van der Waals surface area contributed by atoms with Crippen molar-refractivity contribution < 1.29 is 18.9 Å². The lowest BCUT2D eigenvalue weighted by atomic mass is 9.79. The van der Waals surface area contributed by atoms with E-state index in [0.29, 0.717) is 0 Å². The average Bonchev–Trinajstić information content (AvgIpc) is 2.52. The minimum absolute atomic E-state index is 0.181. The molecule has 0 unspecified atom stereocenters. The standard InChI is InChI=1S/C21H29O4P/c1-13(2)17-12-18(25-26(22,23)24)21(16-10-8-7-9-11-16)20(15(5)6)19(17)14(3)4/h7-15H,1-6H3,(H2,22,23,24). The van der Waals surface area contributed by atoms with Crippen molar-refractivity contribution in [3.63, 3.8) is 0 Å². The summed E-state index contributed by atoms with van der Waals surface area (Å²) in [5.74, 6) is 0.937. The van der Waals surface area contributed by atoms with Crippen LogP contribution in [0, 0.1) is 0 Å². The van der Waals surface area contributed by atoms with E-state index in [2.05, 4.69) is 41.5 Å². The summed E-state index contributed by atoms with van der Waals surface area (Å²) in [6, 6.07) is 11.5. The molecule has 142 valence electrons. The van der Waals surface area contributed by atoms with Gasteiger partial charge >= 0.3 is 7.82 Å². The molecule has 0 saturated carbocycles. The quantitative estimate of drug-likeness (QED) is 0.590. The van der Waals surface area contributed by atoms with Crippen LogP contribution in [0.25, 0.3) is 11.1 Å². The van der Waals surface area contributed by atoms with Gasteiger partial charge in [0, 0.05) is 5.56 Å². The molecule has 0 heterocycles. The van der Waals surface area contributed by atoms with Gasteiger partial charge in [-0.1, -0.05) is 71.9 Å². The molecule has 26 heavy (non-hydrogen) atoms. The van der Waals surface area contributed by atoms with Crippen LogP contribution in [0.1, 0.15) is 76.0 Å². The van der Waals surface area contributed by atoms with E-state index in [4.69, 9.17) is 4.52 Å². The third-order valence-corrected chi connectivity index (χ3v) is 4.89. The number of phosphoric acid groups is 1. The van der Waals surface area contributed by atoms with Crippen LogP contribution in [-0.4, -0.2) is 9.79 Å². The lowest BCUT2D eigenvalue weighted by molar-refractivity contribution is 0.283. The van der Waals surface area contributed by atoms with Gasteiger partial charge in [-0.3, -0.25) is 9.79 Å². The van der Waals surface area contributed by atoms with Crippen LogP contribution in [0.5, 0.6) is 5.75 Å². The number of benzene rings is 2. The summed E-state index contributed by atoms with van der Waals surface area (Å²) in [6.07, 6.45) is 0. The first-order valence-corrected chi connectivity index (χ1v) is 10.6. The fourth-order valence-corrected chi connectivity index (χ4v) is 3.94. The van der Waals surface area contributed by atoms with Crippen LogP contribution < -0.4 is 4.52 Å². The van der Waals surface area contributed by atoms with Gasteiger partial charge in [0.05, 0.1) is 0 Å². The Morgan fingerprint density at radius 1 is 0.846 bits per heavy atom. The number of phosphoric ester groups is 1. The Hall–Kier alpha value is -1.61. The maximum atomic E-state index is 11.6. The Labute approximate surface area is 156 Å². The molecule has 2 aromatic rings. The second-order valence-corrected chi connectivity index (χ2v) is 8.74. The van der Waals surface area contributed by atoms with Gasteiger partial charge in [-0.15, -0.1) is 0 Å². The van der Waals surface area contributed by atoms with E-state index < -0.39 is 7.82 Å². The number of rotatable bonds is 6. The Kier molecular flexibility index (Phi) is 6.33. The zero-order valence-corrected chi connectivity index (χ0v) is 17.2. The SMILES string of the molecule is CC(C)c1cc(OP(=O)(O)O)c(-c2ccccc2)c(C(C)C)c1C(C)C. The van der Waals surface area contributed by atoms with Crippen LogP contribution in [0.2, 0.25) is 0 Å². The molecular formula is C21H29O4P. The first-order chi connectivity index (χ1) is 12.0. The summed E-state index contributed by atoms with van der Waals surface area (Å²) < 4.78 is 16.8. The van der Waals surface area contributed by atoms with E-state index >= 15 is 0 Å². The fourth-order valence-electron chi connectivity index (χ4n) is 3.54. The fraction of sp³-hybridized carbons (Fsp3) is 0.429. The molecule has 0 aliphatic heterocycles. The highest BCUT2D eigenvalue weighted by molar-refractivity contribution is 7.46. The maximum Gasteiger partial charge on any atom is 0.524 e. The maximum absolute atomic E-state index is 11.6. The Bertz CT molecular complexity index is 805. The predicted molar refractivity (Wildman–Crippen MR) is 107 cm³/mol. The molecule has 0 bridgehead atoms. The first kappa shape index (κ1) is 20.7. The largest absolute Gasteiger partial charge is 0.524 e. The lowest BCUT2D eigenvalue weighted by Gasteiger charge is -2.28. The smallest absolute Gasteiger partial charge is 0.404 e. The summed E-state index contributed by atoms with van der Waals surface area (Å²) in [4.78, 5) is 18.9. The van der Waals surface area contributed by atoms with E-state index in [-0.39, 0.29) is 23.5 Å². The molecule has 0 spiro atoms. The third-order valence-electron chi connectivity index (χ3n) is 4.46. The highest BCUT2D eigenvalue weighted by atomic mass is 31.2. The third kappa shape index (κ3) is 4.56. The normalized spacial score (nSPS) is 12.3. The van der Waals surface area contributed by atoms with Crippen molar-refractivity contribution in [3.05, 3.63) is 53.1 Å². The molecule has 0 aliphatic rings. The van der Waals surface area contributed by atoms with Crippen molar-refractivity contribution in [2.45, 2.75) is 59.3 Å². The summed E-state index contributed by atoms with van der Waals surface area (Å²) in [7, 11) is -4.67. The molecule has 0 atom stereocenters. The predicted octanol–water partition coefficient (Wildman–Crippen LogP) is 6.20. The molecular weight excluding hydrogens is 347 g/mol. The van der Waals surface area contributed by atoms with Crippen molar-refractivity contribution in [1.29, 1.82) is 0 Å². The second kappa shape index (κ2) is 7.96. The van der Waals surface area contributed by atoms with Crippen molar-refractivity contribution in [2.75, 3.05) is 0 Å². The molecule has 0 saturated heterocycles. The summed E-state index contributed by atoms with van der Waals surface area (Å²) in [5, 5.41) is 0. The van der Waals surface area contributed by atoms with Gasteiger partial charge in [-0.05, 0) is 46.1 Å². The van der Waals surface area contributed by atoms with E-state index in [9.17, 15) is 14.4 Å². The highest BCUT2D eigenvalue weighted by Crippen LogP contribution is 2.49. The molecule has 2 N–H and O–H groups in total. The van der Waals surface area contributed by atoms with Gasteiger partial charge in [0.25, 0.3) is 0 Å². The summed E-state index contributed by atoms with van der Waals surface area (Å²) in [5.41, 5.74) is 5.09. The molecule has 0 fully saturated rings. The Balaban J connectivity index is 2.97. The van der Waals surface area contributed by atoms with Gasteiger partial charge in [-0.2, -0.15) is 0 Å². The number of hydrogen-bond acceptors (Lipinski definition) is 2. The van der Waals surface area contributed by atoms with Crippen molar-refractivity contribution in [1.82, 2.24) is 0 Å². The van der Waals surface area contributed by atoms with Gasteiger partial charge in [0.15, 0.2) is 0 Å². The second-order valence-electron chi connectivity index (χ2n) is 7.58. The first-order valence-electron chi connectivity index (χ1n) is 9.04. The topological polar surface area (TPSA) is 66.8 Å². The van der Waals surface area contributed by atoms with E-state index in [1.54, 1.807) is 0 Å². The monoisotopic (exact) mass is 376 g/mol.